The van der Waals surface area contributed by atoms with Crippen molar-refractivity contribution in [3.05, 3.63) is 0 Å². The summed E-state index contributed by atoms with van der Waals surface area (Å²) in [5.41, 5.74) is 5.30. The average molecular weight is 228 g/mol. The molecule has 1 aliphatic carbocycles. The second-order valence-corrected chi connectivity index (χ2v) is 5.54. The molecule has 4 nitrogen and oxygen atoms in total. The minimum absolute atomic E-state index is 0.0570. The van der Waals surface area contributed by atoms with Crippen LogP contribution in [-0.4, -0.2) is 28.7 Å². The van der Waals surface area contributed by atoms with Crippen LogP contribution < -0.4 is 11.1 Å². The fraction of sp³-hybridized carbons (Fsp3) is 0.917. The molecule has 0 spiro atoms. The summed E-state index contributed by atoms with van der Waals surface area (Å²) < 4.78 is 0. The number of hydrogen-bond acceptors (Lipinski definition) is 3. The zero-order valence-corrected chi connectivity index (χ0v) is 10.3. The summed E-state index contributed by atoms with van der Waals surface area (Å²) in [5.74, 6) is -0.0570. The molecule has 1 rings (SSSR count). The molecule has 0 saturated heterocycles. The van der Waals surface area contributed by atoms with Crippen LogP contribution in [0.5, 0.6) is 0 Å². The van der Waals surface area contributed by atoms with Crippen LogP contribution >= 0.6 is 0 Å². The van der Waals surface area contributed by atoms with Gasteiger partial charge < -0.3 is 16.2 Å². The Morgan fingerprint density at radius 2 is 2.00 bits per heavy atom. The Balaban J connectivity index is 2.42. The highest BCUT2D eigenvalue weighted by molar-refractivity contribution is 5.77. The molecule has 1 fully saturated rings. The molecule has 0 heterocycles. The molecule has 1 saturated carbocycles. The molecule has 0 aromatic carbocycles. The Hall–Kier alpha value is -0.610. The van der Waals surface area contributed by atoms with E-state index in [0.717, 1.165) is 32.1 Å². The lowest BCUT2D eigenvalue weighted by Crippen LogP contribution is -2.46. The highest BCUT2D eigenvalue weighted by Crippen LogP contribution is 2.18. The molecule has 0 bridgehead atoms. The third kappa shape index (κ3) is 4.94. The lowest BCUT2D eigenvalue weighted by molar-refractivity contribution is -0.123. The molecule has 4 heteroatoms. The Morgan fingerprint density at radius 3 is 2.62 bits per heavy atom. The van der Waals surface area contributed by atoms with Gasteiger partial charge in [0.15, 0.2) is 0 Å². The predicted molar refractivity (Wildman–Crippen MR) is 63.9 cm³/mol. The summed E-state index contributed by atoms with van der Waals surface area (Å²) in [6.07, 6.45) is 4.84. The minimum atomic E-state index is -0.486. The van der Waals surface area contributed by atoms with E-state index in [2.05, 4.69) is 5.32 Å². The normalized spacial score (nSPS) is 27.2. The van der Waals surface area contributed by atoms with E-state index < -0.39 is 11.6 Å². The Labute approximate surface area is 97.6 Å². The minimum Gasteiger partial charge on any atom is -0.391 e. The Bertz CT molecular complexity index is 236. The van der Waals surface area contributed by atoms with Crippen molar-refractivity contribution in [2.45, 2.75) is 70.1 Å². The van der Waals surface area contributed by atoms with E-state index in [1.165, 1.54) is 0 Å². The van der Waals surface area contributed by atoms with Gasteiger partial charge in [0.2, 0.25) is 5.91 Å². The van der Waals surface area contributed by atoms with Crippen LogP contribution in [0.3, 0.4) is 0 Å². The maximum absolute atomic E-state index is 11.7. The summed E-state index contributed by atoms with van der Waals surface area (Å²) in [6.45, 7) is 3.66. The molecule has 0 aliphatic heterocycles. The summed E-state index contributed by atoms with van der Waals surface area (Å²) >= 11 is 0. The van der Waals surface area contributed by atoms with Crippen LogP contribution in [0.15, 0.2) is 0 Å². The average Bonchev–Trinajstić information content (AvgIpc) is 2.29. The van der Waals surface area contributed by atoms with Gasteiger partial charge in [0.1, 0.15) is 0 Å². The van der Waals surface area contributed by atoms with E-state index in [1.807, 2.05) is 13.8 Å². The second kappa shape index (κ2) is 5.64. The van der Waals surface area contributed by atoms with Gasteiger partial charge >= 0.3 is 0 Å². The zero-order chi connectivity index (χ0) is 12.2. The number of rotatable bonds is 3. The molecule has 1 amide bonds. The van der Waals surface area contributed by atoms with Gasteiger partial charge in [-0.2, -0.15) is 0 Å². The number of nitrogens with one attached hydrogen (secondary N) is 1. The molecule has 0 radical (unpaired) electrons. The Kier molecular flexibility index (Phi) is 4.74. The third-order valence-corrected chi connectivity index (χ3v) is 2.94. The molecule has 2 unspecified atom stereocenters. The first-order chi connectivity index (χ1) is 7.38. The van der Waals surface area contributed by atoms with E-state index in [9.17, 15) is 9.90 Å². The summed E-state index contributed by atoms with van der Waals surface area (Å²) in [7, 11) is 0. The maximum Gasteiger partial charge on any atom is 0.222 e. The fourth-order valence-corrected chi connectivity index (χ4v) is 2.13. The van der Waals surface area contributed by atoms with Gasteiger partial charge in [-0.05, 0) is 26.7 Å². The SMILES string of the molecule is CC(C)(N)CC(=O)NC1CCCCCC1O. The van der Waals surface area contributed by atoms with Crippen LogP contribution in [0.4, 0.5) is 0 Å². The van der Waals surface area contributed by atoms with E-state index in [4.69, 9.17) is 5.73 Å². The van der Waals surface area contributed by atoms with Gasteiger partial charge in [-0.25, -0.2) is 0 Å². The molecule has 16 heavy (non-hydrogen) atoms. The van der Waals surface area contributed by atoms with Crippen molar-refractivity contribution < 1.29 is 9.90 Å². The van der Waals surface area contributed by atoms with Crippen molar-refractivity contribution in [3.8, 4) is 0 Å². The van der Waals surface area contributed by atoms with E-state index in [0.29, 0.717) is 6.42 Å². The Morgan fingerprint density at radius 1 is 1.38 bits per heavy atom. The topological polar surface area (TPSA) is 75.4 Å². The quantitative estimate of drug-likeness (QED) is 0.629. The predicted octanol–water partition coefficient (Wildman–Crippen LogP) is 0.924. The summed E-state index contributed by atoms with van der Waals surface area (Å²) in [4.78, 5) is 11.7. The van der Waals surface area contributed by atoms with Gasteiger partial charge in [0.05, 0.1) is 12.1 Å². The number of carbonyl (C=O) groups is 1. The largest absolute Gasteiger partial charge is 0.391 e. The number of aliphatic hydroxyl groups excluding tert-OH is 1. The van der Waals surface area contributed by atoms with Gasteiger partial charge in [0, 0.05) is 12.0 Å². The van der Waals surface area contributed by atoms with Crippen molar-refractivity contribution >= 4 is 5.91 Å². The van der Waals surface area contributed by atoms with Crippen molar-refractivity contribution in [1.29, 1.82) is 0 Å². The van der Waals surface area contributed by atoms with Gasteiger partial charge in [-0.1, -0.05) is 19.3 Å². The molecule has 2 atom stereocenters. The first kappa shape index (κ1) is 13.5. The molecule has 4 N–H and O–H groups in total. The van der Waals surface area contributed by atoms with Crippen molar-refractivity contribution in [1.82, 2.24) is 5.32 Å². The van der Waals surface area contributed by atoms with Crippen LogP contribution in [0.25, 0.3) is 0 Å². The highest BCUT2D eigenvalue weighted by Gasteiger charge is 2.25. The lowest BCUT2D eigenvalue weighted by Gasteiger charge is -2.24. The van der Waals surface area contributed by atoms with Gasteiger partial charge in [0.25, 0.3) is 0 Å². The van der Waals surface area contributed by atoms with Crippen LogP contribution in [-0.2, 0) is 4.79 Å². The van der Waals surface area contributed by atoms with Crippen molar-refractivity contribution in [2.75, 3.05) is 0 Å². The van der Waals surface area contributed by atoms with Crippen LogP contribution in [0.1, 0.15) is 52.4 Å². The fourth-order valence-electron chi connectivity index (χ4n) is 2.13. The molecular formula is C12H24N2O2. The van der Waals surface area contributed by atoms with E-state index in [-0.39, 0.29) is 11.9 Å². The number of nitrogens with two attached hydrogens (primary N) is 1. The number of carbonyl (C=O) groups excluding carboxylic acids is 1. The smallest absolute Gasteiger partial charge is 0.222 e. The third-order valence-electron chi connectivity index (χ3n) is 2.94. The van der Waals surface area contributed by atoms with E-state index >= 15 is 0 Å². The summed E-state index contributed by atoms with van der Waals surface area (Å²) in [5, 5.41) is 12.7. The molecule has 0 aromatic heterocycles. The van der Waals surface area contributed by atoms with Crippen molar-refractivity contribution in [2.24, 2.45) is 5.73 Å². The highest BCUT2D eigenvalue weighted by atomic mass is 16.3. The molecule has 0 aromatic rings. The second-order valence-electron chi connectivity index (χ2n) is 5.54. The zero-order valence-electron chi connectivity index (χ0n) is 10.3. The van der Waals surface area contributed by atoms with Gasteiger partial charge in [-0.3, -0.25) is 4.79 Å². The monoisotopic (exact) mass is 228 g/mol. The van der Waals surface area contributed by atoms with Crippen molar-refractivity contribution in [3.63, 3.8) is 0 Å². The molecule has 94 valence electrons. The number of hydrogen-bond donors (Lipinski definition) is 3. The van der Waals surface area contributed by atoms with Crippen LogP contribution in [0, 0.1) is 0 Å². The lowest BCUT2D eigenvalue weighted by atomic mass is 10.0. The van der Waals surface area contributed by atoms with Crippen LogP contribution in [0.2, 0.25) is 0 Å². The molecule has 1 aliphatic rings. The van der Waals surface area contributed by atoms with E-state index in [1.54, 1.807) is 0 Å². The standard InChI is InChI=1S/C12H24N2O2/c1-12(2,13)8-11(16)14-9-6-4-3-5-7-10(9)15/h9-10,15H,3-8,13H2,1-2H3,(H,14,16). The van der Waals surface area contributed by atoms with Gasteiger partial charge in [-0.15, -0.1) is 0 Å². The number of amides is 1. The first-order valence-corrected chi connectivity index (χ1v) is 6.15. The number of aliphatic hydroxyl groups is 1. The first-order valence-electron chi connectivity index (χ1n) is 6.15. The summed E-state index contributed by atoms with van der Waals surface area (Å²) in [6, 6.07) is -0.0858. The molecular weight excluding hydrogens is 204 g/mol. The maximum atomic E-state index is 11.7.